The van der Waals surface area contributed by atoms with E-state index in [1.165, 1.54) is 5.56 Å². The maximum absolute atomic E-state index is 12.8. The number of benzene rings is 1. The summed E-state index contributed by atoms with van der Waals surface area (Å²) in [6.07, 6.45) is 5.93. The number of likely N-dealkylation sites (tertiary alicyclic amines) is 1. The normalized spacial score (nSPS) is 23.1. The van der Waals surface area contributed by atoms with Crippen molar-refractivity contribution in [3.8, 4) is 0 Å². The molecule has 0 radical (unpaired) electrons. The van der Waals surface area contributed by atoms with E-state index in [4.69, 9.17) is 27.9 Å². The Morgan fingerprint density at radius 2 is 1.93 bits per heavy atom. The van der Waals surface area contributed by atoms with E-state index in [-0.39, 0.29) is 11.3 Å². The molecule has 2 aliphatic heterocycles. The highest BCUT2D eigenvalue weighted by molar-refractivity contribution is 6.42. The highest BCUT2D eigenvalue weighted by atomic mass is 35.5. The third kappa shape index (κ3) is 5.97. The van der Waals surface area contributed by atoms with Gasteiger partial charge in [-0.15, -0.1) is 0 Å². The molecule has 1 amide bonds. The van der Waals surface area contributed by atoms with Gasteiger partial charge < -0.3 is 9.64 Å². The van der Waals surface area contributed by atoms with E-state index >= 15 is 0 Å². The Balaban J connectivity index is 1.79. The predicted octanol–water partition coefficient (Wildman–Crippen LogP) is 4.93. The smallest absolute Gasteiger partial charge is 0.246 e. The summed E-state index contributed by atoms with van der Waals surface area (Å²) >= 11 is 12.6. The second-order valence-corrected chi connectivity index (χ2v) is 9.37. The van der Waals surface area contributed by atoms with E-state index in [1.807, 2.05) is 30.9 Å². The van der Waals surface area contributed by atoms with Crippen molar-refractivity contribution in [2.24, 2.45) is 0 Å². The lowest BCUT2D eigenvalue weighted by atomic mass is 9.71. The van der Waals surface area contributed by atoms with Crippen LogP contribution in [0.25, 0.3) is 0 Å². The minimum Gasteiger partial charge on any atom is -0.379 e. The van der Waals surface area contributed by atoms with Gasteiger partial charge in [0.25, 0.3) is 0 Å². The molecule has 1 aromatic carbocycles. The molecule has 0 saturated carbocycles. The van der Waals surface area contributed by atoms with Crippen molar-refractivity contribution in [2.45, 2.75) is 44.9 Å². The standard InChI is InChI=1S/C23H32Cl2N2O2/c1-18(2)15-22(28)27-10-4-8-23(17-27,19-5-6-20(24)21(25)16-19)7-3-9-26-11-13-29-14-12-26/h5-6,15-16H,3-4,7-14,17H2,1-2H3. The Morgan fingerprint density at radius 3 is 2.62 bits per heavy atom. The molecule has 1 aromatic rings. The van der Waals surface area contributed by atoms with Crippen molar-refractivity contribution in [1.29, 1.82) is 0 Å². The first-order chi connectivity index (χ1) is 13.9. The summed E-state index contributed by atoms with van der Waals surface area (Å²) in [5.74, 6) is 0.113. The molecule has 2 fully saturated rings. The molecule has 6 heteroatoms. The second kappa shape index (κ2) is 10.3. The fourth-order valence-electron chi connectivity index (χ4n) is 4.53. The topological polar surface area (TPSA) is 32.8 Å². The number of rotatable bonds is 6. The van der Waals surface area contributed by atoms with Crippen molar-refractivity contribution in [1.82, 2.24) is 9.80 Å². The van der Waals surface area contributed by atoms with Crippen LogP contribution >= 0.6 is 23.2 Å². The average molecular weight is 439 g/mol. The van der Waals surface area contributed by atoms with Crippen molar-refractivity contribution in [3.05, 3.63) is 45.5 Å². The van der Waals surface area contributed by atoms with E-state index in [9.17, 15) is 4.79 Å². The molecule has 0 N–H and O–H groups in total. The van der Waals surface area contributed by atoms with Crippen LogP contribution in [0.1, 0.15) is 45.1 Å². The molecular formula is C23H32Cl2N2O2. The number of piperidine rings is 1. The van der Waals surface area contributed by atoms with Gasteiger partial charge in [0.1, 0.15) is 0 Å². The number of morpholine rings is 1. The zero-order valence-electron chi connectivity index (χ0n) is 17.6. The minimum absolute atomic E-state index is 0.0795. The summed E-state index contributed by atoms with van der Waals surface area (Å²) in [7, 11) is 0. The molecule has 29 heavy (non-hydrogen) atoms. The molecule has 3 rings (SSSR count). The van der Waals surface area contributed by atoms with Crippen molar-refractivity contribution < 1.29 is 9.53 Å². The maximum Gasteiger partial charge on any atom is 0.246 e. The fourth-order valence-corrected chi connectivity index (χ4v) is 4.83. The summed E-state index contributed by atoms with van der Waals surface area (Å²) in [6, 6.07) is 5.99. The van der Waals surface area contributed by atoms with Crippen LogP contribution in [-0.4, -0.2) is 61.6 Å². The van der Waals surface area contributed by atoms with Crippen LogP contribution in [0.5, 0.6) is 0 Å². The number of ether oxygens (including phenoxy) is 1. The van der Waals surface area contributed by atoms with Gasteiger partial charge >= 0.3 is 0 Å². The van der Waals surface area contributed by atoms with Crippen LogP contribution in [0.3, 0.4) is 0 Å². The van der Waals surface area contributed by atoms with Crippen LogP contribution in [0.15, 0.2) is 29.8 Å². The lowest BCUT2D eigenvalue weighted by Gasteiger charge is -2.44. The number of amides is 1. The third-order valence-corrected chi connectivity index (χ3v) is 6.81. The summed E-state index contributed by atoms with van der Waals surface area (Å²) < 4.78 is 5.46. The Labute approximate surface area is 184 Å². The Bertz CT molecular complexity index is 742. The van der Waals surface area contributed by atoms with Gasteiger partial charge in [0.15, 0.2) is 0 Å². The lowest BCUT2D eigenvalue weighted by molar-refractivity contribution is -0.128. The van der Waals surface area contributed by atoms with E-state index in [0.717, 1.165) is 77.2 Å². The Kier molecular flexibility index (Phi) is 8.03. The lowest BCUT2D eigenvalue weighted by Crippen LogP contribution is -2.48. The molecule has 1 unspecified atom stereocenters. The first-order valence-corrected chi connectivity index (χ1v) is 11.3. The number of halogens is 2. The predicted molar refractivity (Wildman–Crippen MR) is 120 cm³/mol. The molecule has 0 spiro atoms. The molecule has 160 valence electrons. The van der Waals surface area contributed by atoms with Crippen LogP contribution in [0.4, 0.5) is 0 Å². The summed E-state index contributed by atoms with van der Waals surface area (Å²) in [5.41, 5.74) is 2.15. The van der Waals surface area contributed by atoms with Crippen molar-refractivity contribution in [2.75, 3.05) is 45.9 Å². The Morgan fingerprint density at radius 1 is 1.17 bits per heavy atom. The number of nitrogens with zero attached hydrogens (tertiary/aromatic N) is 2. The molecule has 0 aliphatic carbocycles. The largest absolute Gasteiger partial charge is 0.379 e. The first-order valence-electron chi connectivity index (χ1n) is 10.6. The van der Waals surface area contributed by atoms with Crippen LogP contribution in [0.2, 0.25) is 10.0 Å². The molecule has 4 nitrogen and oxygen atoms in total. The van der Waals surface area contributed by atoms with Gasteiger partial charge in [-0.05, 0) is 63.8 Å². The average Bonchev–Trinajstić information content (AvgIpc) is 2.70. The van der Waals surface area contributed by atoms with E-state index in [1.54, 1.807) is 6.08 Å². The molecular weight excluding hydrogens is 407 g/mol. The highest BCUT2D eigenvalue weighted by Crippen LogP contribution is 2.40. The van der Waals surface area contributed by atoms with Gasteiger partial charge in [-0.3, -0.25) is 9.69 Å². The monoisotopic (exact) mass is 438 g/mol. The molecule has 2 saturated heterocycles. The summed E-state index contributed by atoms with van der Waals surface area (Å²) in [5, 5.41) is 1.16. The van der Waals surface area contributed by atoms with E-state index < -0.39 is 0 Å². The number of hydrogen-bond donors (Lipinski definition) is 0. The second-order valence-electron chi connectivity index (χ2n) is 8.55. The van der Waals surface area contributed by atoms with E-state index in [2.05, 4.69) is 11.0 Å². The zero-order chi connectivity index (χ0) is 20.9. The van der Waals surface area contributed by atoms with Crippen LogP contribution in [-0.2, 0) is 14.9 Å². The van der Waals surface area contributed by atoms with Gasteiger partial charge in [0.2, 0.25) is 5.91 Å². The first kappa shape index (κ1) is 22.6. The third-order valence-electron chi connectivity index (χ3n) is 6.07. The van der Waals surface area contributed by atoms with Crippen molar-refractivity contribution >= 4 is 29.1 Å². The number of carbonyl (C=O) groups excluding carboxylic acids is 1. The van der Waals surface area contributed by atoms with Crippen molar-refractivity contribution in [3.63, 3.8) is 0 Å². The SMILES string of the molecule is CC(C)=CC(=O)N1CCCC(CCCN2CCOCC2)(c2ccc(Cl)c(Cl)c2)C1. The minimum atomic E-state index is -0.0795. The number of allylic oxidation sites excluding steroid dienone is 1. The fraction of sp³-hybridized carbons (Fsp3) is 0.609. The highest BCUT2D eigenvalue weighted by Gasteiger charge is 2.38. The van der Waals surface area contributed by atoms with Crippen LogP contribution in [0, 0.1) is 0 Å². The maximum atomic E-state index is 12.8. The molecule has 0 aromatic heterocycles. The van der Waals surface area contributed by atoms with Gasteiger partial charge in [-0.2, -0.15) is 0 Å². The molecule has 1 atom stereocenters. The van der Waals surface area contributed by atoms with Gasteiger partial charge in [0.05, 0.1) is 23.3 Å². The molecule has 2 aliphatic rings. The van der Waals surface area contributed by atoms with E-state index in [0.29, 0.717) is 10.0 Å². The van der Waals surface area contributed by atoms with Gasteiger partial charge in [0, 0.05) is 37.7 Å². The number of carbonyl (C=O) groups is 1. The van der Waals surface area contributed by atoms with Gasteiger partial charge in [-0.25, -0.2) is 0 Å². The summed E-state index contributed by atoms with van der Waals surface area (Å²) in [4.78, 5) is 17.2. The zero-order valence-corrected chi connectivity index (χ0v) is 19.1. The Hall–Kier alpha value is -1.07. The van der Waals surface area contributed by atoms with Gasteiger partial charge in [-0.1, -0.05) is 34.8 Å². The summed E-state index contributed by atoms with van der Waals surface area (Å²) in [6.45, 7) is 10.2. The van der Waals surface area contributed by atoms with Crippen LogP contribution < -0.4 is 0 Å². The quantitative estimate of drug-likeness (QED) is 0.589. The number of hydrogen-bond acceptors (Lipinski definition) is 3. The molecule has 2 heterocycles. The molecule has 0 bridgehead atoms.